The molecule has 22 heavy (non-hydrogen) atoms. The first kappa shape index (κ1) is 14.9. The summed E-state index contributed by atoms with van der Waals surface area (Å²) in [6.07, 6.45) is 0. The van der Waals surface area contributed by atoms with Crippen LogP contribution in [0.25, 0.3) is 0 Å². The van der Waals surface area contributed by atoms with Crippen LogP contribution in [0.2, 0.25) is 0 Å². The zero-order valence-corrected chi connectivity index (χ0v) is 13.0. The van der Waals surface area contributed by atoms with Crippen LogP contribution in [0.15, 0.2) is 54.6 Å². The molecule has 0 spiro atoms. The second-order valence-electron chi connectivity index (χ2n) is 5.78. The van der Waals surface area contributed by atoms with Crippen molar-refractivity contribution < 1.29 is 4.79 Å². The predicted octanol–water partition coefficient (Wildman–Crippen LogP) is 2.88. The summed E-state index contributed by atoms with van der Waals surface area (Å²) in [5.74, 6) is 0.116. The number of nitrogens with one attached hydrogen (secondary N) is 1. The van der Waals surface area contributed by atoms with Crippen LogP contribution in [-0.2, 0) is 0 Å². The minimum Gasteiger partial charge on any atom is -0.314 e. The SMILES string of the molecule is CC(=O)c1ccc([C@H](c2ccccc2)N2CCNCC2)cc1. The number of hydrogen-bond acceptors (Lipinski definition) is 3. The molecule has 2 aromatic rings. The summed E-state index contributed by atoms with van der Waals surface area (Å²) in [4.78, 5) is 14.0. The number of piperazine rings is 1. The lowest BCUT2D eigenvalue weighted by molar-refractivity contribution is 0.101. The Morgan fingerprint density at radius 1 is 0.955 bits per heavy atom. The van der Waals surface area contributed by atoms with Crippen molar-refractivity contribution in [2.45, 2.75) is 13.0 Å². The standard InChI is InChI=1S/C19H22N2O/c1-15(22)16-7-9-18(10-8-16)19(17-5-3-2-4-6-17)21-13-11-20-12-14-21/h2-10,19-20H,11-14H2,1H3/t19-/m0/s1. The Bertz CT molecular complexity index is 616. The fourth-order valence-corrected chi connectivity index (χ4v) is 3.09. The first-order valence-electron chi connectivity index (χ1n) is 7.86. The average Bonchev–Trinajstić information content (AvgIpc) is 2.57. The molecule has 1 heterocycles. The maximum absolute atomic E-state index is 11.5. The smallest absolute Gasteiger partial charge is 0.159 e. The second kappa shape index (κ2) is 6.86. The molecule has 1 aliphatic heterocycles. The first-order chi connectivity index (χ1) is 10.8. The number of Topliss-reactive ketones (excluding diaryl/α,β-unsaturated/α-hetero) is 1. The van der Waals surface area contributed by atoms with E-state index in [1.807, 2.05) is 12.1 Å². The lowest BCUT2D eigenvalue weighted by Gasteiger charge is -2.35. The van der Waals surface area contributed by atoms with Crippen LogP contribution in [0.5, 0.6) is 0 Å². The molecule has 0 aromatic heterocycles. The fourth-order valence-electron chi connectivity index (χ4n) is 3.09. The van der Waals surface area contributed by atoms with Gasteiger partial charge >= 0.3 is 0 Å². The molecule has 3 rings (SSSR count). The molecule has 1 saturated heterocycles. The zero-order chi connectivity index (χ0) is 15.4. The largest absolute Gasteiger partial charge is 0.314 e. The Kier molecular flexibility index (Phi) is 4.66. The predicted molar refractivity (Wildman–Crippen MR) is 89.2 cm³/mol. The number of carbonyl (C=O) groups is 1. The minimum atomic E-state index is 0.116. The van der Waals surface area contributed by atoms with Crippen molar-refractivity contribution in [1.29, 1.82) is 0 Å². The van der Waals surface area contributed by atoms with Gasteiger partial charge in [-0.2, -0.15) is 0 Å². The van der Waals surface area contributed by atoms with Gasteiger partial charge in [-0.3, -0.25) is 9.69 Å². The van der Waals surface area contributed by atoms with E-state index in [0.717, 1.165) is 31.7 Å². The zero-order valence-electron chi connectivity index (χ0n) is 13.0. The number of hydrogen-bond donors (Lipinski definition) is 1. The van der Waals surface area contributed by atoms with Gasteiger partial charge in [0.15, 0.2) is 5.78 Å². The third kappa shape index (κ3) is 3.26. The Morgan fingerprint density at radius 2 is 1.55 bits per heavy atom. The minimum absolute atomic E-state index is 0.116. The van der Waals surface area contributed by atoms with Gasteiger partial charge in [0.25, 0.3) is 0 Å². The summed E-state index contributed by atoms with van der Waals surface area (Å²) in [6.45, 7) is 5.73. The van der Waals surface area contributed by atoms with Gasteiger partial charge in [-0.15, -0.1) is 0 Å². The Hall–Kier alpha value is -1.97. The van der Waals surface area contributed by atoms with Crippen LogP contribution in [0, 0.1) is 0 Å². The molecule has 1 fully saturated rings. The highest BCUT2D eigenvalue weighted by Gasteiger charge is 2.23. The fraction of sp³-hybridized carbons (Fsp3) is 0.316. The van der Waals surface area contributed by atoms with E-state index in [-0.39, 0.29) is 11.8 Å². The number of ketones is 1. The van der Waals surface area contributed by atoms with E-state index >= 15 is 0 Å². The van der Waals surface area contributed by atoms with Gasteiger partial charge in [0.2, 0.25) is 0 Å². The van der Waals surface area contributed by atoms with Gasteiger partial charge in [-0.1, -0.05) is 54.6 Å². The van der Waals surface area contributed by atoms with E-state index in [9.17, 15) is 4.79 Å². The highest BCUT2D eigenvalue weighted by atomic mass is 16.1. The van der Waals surface area contributed by atoms with Crippen molar-refractivity contribution in [2.75, 3.05) is 26.2 Å². The van der Waals surface area contributed by atoms with Crippen molar-refractivity contribution in [2.24, 2.45) is 0 Å². The van der Waals surface area contributed by atoms with E-state index in [4.69, 9.17) is 0 Å². The molecule has 1 N–H and O–H groups in total. The Morgan fingerprint density at radius 3 is 2.14 bits per heavy atom. The van der Waals surface area contributed by atoms with Crippen LogP contribution in [0.1, 0.15) is 34.5 Å². The van der Waals surface area contributed by atoms with Crippen molar-refractivity contribution in [3.05, 3.63) is 71.3 Å². The van der Waals surface area contributed by atoms with Gasteiger partial charge in [-0.25, -0.2) is 0 Å². The normalized spacial score (nSPS) is 17.1. The lowest BCUT2D eigenvalue weighted by Crippen LogP contribution is -2.45. The van der Waals surface area contributed by atoms with Crippen LogP contribution < -0.4 is 5.32 Å². The van der Waals surface area contributed by atoms with Crippen molar-refractivity contribution >= 4 is 5.78 Å². The molecule has 0 bridgehead atoms. The summed E-state index contributed by atoms with van der Waals surface area (Å²) >= 11 is 0. The van der Waals surface area contributed by atoms with Gasteiger partial charge < -0.3 is 5.32 Å². The van der Waals surface area contributed by atoms with E-state index in [1.54, 1.807) is 6.92 Å². The monoisotopic (exact) mass is 294 g/mol. The molecule has 0 amide bonds. The van der Waals surface area contributed by atoms with Crippen LogP contribution in [-0.4, -0.2) is 36.9 Å². The van der Waals surface area contributed by atoms with Gasteiger partial charge in [-0.05, 0) is 18.1 Å². The molecule has 0 radical (unpaired) electrons. The van der Waals surface area contributed by atoms with Crippen LogP contribution in [0.3, 0.4) is 0 Å². The van der Waals surface area contributed by atoms with E-state index < -0.39 is 0 Å². The summed E-state index contributed by atoms with van der Waals surface area (Å²) < 4.78 is 0. The molecule has 1 aliphatic rings. The molecule has 2 aromatic carbocycles. The number of carbonyl (C=O) groups excluding carboxylic acids is 1. The highest BCUT2D eigenvalue weighted by Crippen LogP contribution is 2.29. The average molecular weight is 294 g/mol. The third-order valence-corrected chi connectivity index (χ3v) is 4.26. The molecular formula is C19H22N2O. The Balaban J connectivity index is 1.95. The summed E-state index contributed by atoms with van der Waals surface area (Å²) in [7, 11) is 0. The number of nitrogens with zero attached hydrogens (tertiary/aromatic N) is 1. The number of rotatable bonds is 4. The molecule has 0 saturated carbocycles. The van der Waals surface area contributed by atoms with Crippen LogP contribution in [0.4, 0.5) is 0 Å². The molecule has 3 nitrogen and oxygen atoms in total. The quantitative estimate of drug-likeness (QED) is 0.880. The van der Waals surface area contributed by atoms with Crippen molar-refractivity contribution in [3.63, 3.8) is 0 Å². The highest BCUT2D eigenvalue weighted by molar-refractivity contribution is 5.94. The molecule has 114 valence electrons. The van der Waals surface area contributed by atoms with Gasteiger partial charge in [0.05, 0.1) is 6.04 Å². The summed E-state index contributed by atoms with van der Waals surface area (Å²) in [5.41, 5.74) is 3.33. The molecular weight excluding hydrogens is 272 g/mol. The van der Waals surface area contributed by atoms with Crippen molar-refractivity contribution in [1.82, 2.24) is 10.2 Å². The van der Waals surface area contributed by atoms with E-state index in [2.05, 4.69) is 52.7 Å². The number of benzene rings is 2. The topological polar surface area (TPSA) is 32.3 Å². The molecule has 0 unspecified atom stereocenters. The molecule has 3 heteroatoms. The van der Waals surface area contributed by atoms with E-state index in [1.165, 1.54) is 11.1 Å². The first-order valence-corrected chi connectivity index (χ1v) is 7.86. The molecule has 1 atom stereocenters. The maximum atomic E-state index is 11.5. The summed E-state index contributed by atoms with van der Waals surface area (Å²) in [6, 6.07) is 18.9. The summed E-state index contributed by atoms with van der Waals surface area (Å²) in [5, 5.41) is 3.41. The van der Waals surface area contributed by atoms with Crippen LogP contribution >= 0.6 is 0 Å². The van der Waals surface area contributed by atoms with E-state index in [0.29, 0.717) is 0 Å². The Labute approximate surface area is 132 Å². The van der Waals surface area contributed by atoms with Gasteiger partial charge in [0.1, 0.15) is 0 Å². The maximum Gasteiger partial charge on any atom is 0.159 e. The lowest BCUT2D eigenvalue weighted by atomic mass is 9.95. The van der Waals surface area contributed by atoms with Gasteiger partial charge in [0, 0.05) is 31.7 Å². The van der Waals surface area contributed by atoms with Crippen molar-refractivity contribution in [3.8, 4) is 0 Å². The molecule has 0 aliphatic carbocycles. The third-order valence-electron chi connectivity index (χ3n) is 4.26. The second-order valence-corrected chi connectivity index (χ2v) is 5.78.